The number of ether oxygens (including phenoxy) is 1. The predicted octanol–water partition coefficient (Wildman–Crippen LogP) is -1.21. The van der Waals surface area contributed by atoms with Crippen molar-refractivity contribution >= 4 is 17.9 Å². The number of carbonyl (C=O) groups excluding carboxylic acids is 2. The van der Waals surface area contributed by atoms with Crippen molar-refractivity contribution in [3.8, 4) is 0 Å². The highest BCUT2D eigenvalue weighted by molar-refractivity contribution is 5.87. The van der Waals surface area contributed by atoms with Gasteiger partial charge in [0.05, 0.1) is 18.6 Å². The second kappa shape index (κ2) is 6.20. The smallest absolute Gasteiger partial charge is 0.326 e. The van der Waals surface area contributed by atoms with Gasteiger partial charge in [0.2, 0.25) is 5.91 Å². The number of amides is 3. The molecule has 0 aliphatic carbocycles. The highest BCUT2D eigenvalue weighted by Crippen LogP contribution is 2.12. The number of hydrogen-bond acceptors (Lipinski definition) is 4. The first kappa shape index (κ1) is 14.2. The normalized spacial score (nSPS) is 24.3. The quantitative estimate of drug-likeness (QED) is 0.492. The predicted molar refractivity (Wildman–Crippen MR) is 60.7 cm³/mol. The van der Waals surface area contributed by atoms with E-state index in [9.17, 15) is 14.4 Å². The molecule has 0 aromatic rings. The summed E-state index contributed by atoms with van der Waals surface area (Å²) in [5, 5.41) is 13.6. The zero-order chi connectivity index (χ0) is 13.7. The fourth-order valence-electron chi connectivity index (χ4n) is 1.69. The number of carboxylic acids is 1. The molecule has 0 aromatic carbocycles. The van der Waals surface area contributed by atoms with E-state index in [0.717, 1.165) is 0 Å². The molecule has 0 aromatic heterocycles. The summed E-state index contributed by atoms with van der Waals surface area (Å²) in [5.74, 6) is -2.10. The Morgan fingerprint density at radius 2 is 2.17 bits per heavy atom. The van der Waals surface area contributed by atoms with Crippen LogP contribution < -0.4 is 16.4 Å². The molecule has 2 unspecified atom stereocenters. The lowest BCUT2D eigenvalue weighted by Gasteiger charge is -2.18. The Morgan fingerprint density at radius 3 is 2.61 bits per heavy atom. The van der Waals surface area contributed by atoms with Crippen LogP contribution in [0.4, 0.5) is 4.79 Å². The lowest BCUT2D eigenvalue weighted by molar-refractivity contribution is -0.140. The minimum Gasteiger partial charge on any atom is -0.480 e. The summed E-state index contributed by atoms with van der Waals surface area (Å²) in [6.45, 7) is 2.37. The van der Waals surface area contributed by atoms with Gasteiger partial charge in [-0.2, -0.15) is 0 Å². The Balaban J connectivity index is 2.45. The van der Waals surface area contributed by atoms with Crippen molar-refractivity contribution in [2.24, 2.45) is 5.73 Å². The number of carbonyl (C=O) groups is 3. The van der Waals surface area contributed by atoms with Gasteiger partial charge in [-0.1, -0.05) is 0 Å². The molecule has 1 rings (SSSR count). The molecule has 0 bridgehead atoms. The fourth-order valence-corrected chi connectivity index (χ4v) is 1.69. The van der Waals surface area contributed by atoms with Gasteiger partial charge in [-0.05, 0) is 13.3 Å². The molecule has 1 aliphatic heterocycles. The summed E-state index contributed by atoms with van der Waals surface area (Å²) < 4.78 is 5.25. The highest BCUT2D eigenvalue weighted by atomic mass is 16.5. The Bertz CT molecular complexity index is 346. The second-order valence-corrected chi connectivity index (χ2v) is 4.15. The minimum atomic E-state index is -1.32. The molecule has 3 atom stereocenters. The summed E-state index contributed by atoms with van der Waals surface area (Å²) in [7, 11) is 0. The number of hydrogen-bond donors (Lipinski definition) is 4. The van der Waals surface area contributed by atoms with Crippen molar-refractivity contribution in [2.45, 2.75) is 38.0 Å². The van der Waals surface area contributed by atoms with Crippen molar-refractivity contribution in [1.29, 1.82) is 0 Å². The van der Waals surface area contributed by atoms with Crippen LogP contribution in [0.3, 0.4) is 0 Å². The molecule has 1 aliphatic rings. The molecular formula is C10H17N3O5. The average Bonchev–Trinajstić information content (AvgIpc) is 2.62. The first-order chi connectivity index (χ1) is 8.40. The van der Waals surface area contributed by atoms with E-state index in [0.29, 0.717) is 13.0 Å². The van der Waals surface area contributed by atoms with Gasteiger partial charge in [0.15, 0.2) is 0 Å². The fraction of sp³-hybridized carbons (Fsp3) is 0.700. The third-order valence-electron chi connectivity index (χ3n) is 2.70. The molecule has 8 nitrogen and oxygen atoms in total. The molecule has 1 heterocycles. The maximum absolute atomic E-state index is 11.5. The standard InChI is InChI=1S/C10H17N3O5/c1-5-6(2-3-18-5)12-10(17)13-7(9(15)16)4-8(11)14/h5-7H,2-4H2,1H3,(H2,11,14)(H,15,16)(H2,12,13,17)/t5?,6?,7-/m1/s1. The van der Waals surface area contributed by atoms with E-state index < -0.39 is 30.4 Å². The largest absolute Gasteiger partial charge is 0.480 e. The average molecular weight is 259 g/mol. The highest BCUT2D eigenvalue weighted by Gasteiger charge is 2.28. The van der Waals surface area contributed by atoms with Crippen LogP contribution >= 0.6 is 0 Å². The van der Waals surface area contributed by atoms with Crippen LogP contribution in [0.25, 0.3) is 0 Å². The summed E-state index contributed by atoms with van der Waals surface area (Å²) in [6.07, 6.45) is 0.108. The Morgan fingerprint density at radius 1 is 1.50 bits per heavy atom. The van der Waals surface area contributed by atoms with Crippen LogP contribution in [-0.4, -0.2) is 47.8 Å². The van der Waals surface area contributed by atoms with Crippen molar-refractivity contribution in [3.63, 3.8) is 0 Å². The number of carboxylic acid groups (broad SMARTS) is 1. The van der Waals surface area contributed by atoms with E-state index in [1.807, 2.05) is 6.92 Å². The van der Waals surface area contributed by atoms with Gasteiger partial charge in [0.1, 0.15) is 6.04 Å². The summed E-state index contributed by atoms with van der Waals surface area (Å²) in [4.78, 5) is 33.0. The van der Waals surface area contributed by atoms with Crippen LogP contribution in [0.15, 0.2) is 0 Å². The molecule has 0 spiro atoms. The maximum atomic E-state index is 11.5. The maximum Gasteiger partial charge on any atom is 0.326 e. The lowest BCUT2D eigenvalue weighted by atomic mass is 10.1. The van der Waals surface area contributed by atoms with Crippen molar-refractivity contribution < 1.29 is 24.2 Å². The first-order valence-corrected chi connectivity index (χ1v) is 5.60. The van der Waals surface area contributed by atoms with E-state index in [-0.39, 0.29) is 12.1 Å². The van der Waals surface area contributed by atoms with E-state index in [2.05, 4.69) is 10.6 Å². The van der Waals surface area contributed by atoms with E-state index in [1.165, 1.54) is 0 Å². The number of aliphatic carboxylic acids is 1. The van der Waals surface area contributed by atoms with Crippen molar-refractivity contribution in [3.05, 3.63) is 0 Å². The van der Waals surface area contributed by atoms with Gasteiger partial charge in [-0.15, -0.1) is 0 Å². The molecule has 102 valence electrons. The summed E-state index contributed by atoms with van der Waals surface area (Å²) in [5.41, 5.74) is 4.90. The third-order valence-corrected chi connectivity index (χ3v) is 2.70. The second-order valence-electron chi connectivity index (χ2n) is 4.15. The van der Waals surface area contributed by atoms with Crippen LogP contribution in [0.5, 0.6) is 0 Å². The van der Waals surface area contributed by atoms with Crippen LogP contribution in [0.1, 0.15) is 19.8 Å². The lowest BCUT2D eigenvalue weighted by Crippen LogP contribution is -2.51. The molecule has 0 saturated carbocycles. The third kappa shape index (κ3) is 4.21. The van der Waals surface area contributed by atoms with Gasteiger partial charge in [0, 0.05) is 6.61 Å². The molecule has 5 N–H and O–H groups in total. The van der Waals surface area contributed by atoms with Crippen LogP contribution in [0.2, 0.25) is 0 Å². The van der Waals surface area contributed by atoms with Crippen LogP contribution in [0, 0.1) is 0 Å². The molecule has 1 fully saturated rings. The SMILES string of the molecule is CC1OCCC1NC(=O)N[C@H](CC(N)=O)C(=O)O. The monoisotopic (exact) mass is 259 g/mol. The number of nitrogens with two attached hydrogens (primary N) is 1. The van der Waals surface area contributed by atoms with E-state index in [1.54, 1.807) is 0 Å². The Labute approximate surface area is 104 Å². The Hall–Kier alpha value is -1.83. The zero-order valence-electron chi connectivity index (χ0n) is 10.0. The van der Waals surface area contributed by atoms with Gasteiger partial charge < -0.3 is 26.2 Å². The van der Waals surface area contributed by atoms with Crippen molar-refractivity contribution in [2.75, 3.05) is 6.61 Å². The minimum absolute atomic E-state index is 0.116. The Kier molecular flexibility index (Phi) is 4.90. The molecule has 18 heavy (non-hydrogen) atoms. The number of primary amides is 1. The number of rotatable bonds is 5. The van der Waals surface area contributed by atoms with Gasteiger partial charge >= 0.3 is 12.0 Å². The van der Waals surface area contributed by atoms with Crippen molar-refractivity contribution in [1.82, 2.24) is 10.6 Å². The van der Waals surface area contributed by atoms with Gasteiger partial charge in [0.25, 0.3) is 0 Å². The summed E-state index contributed by atoms with van der Waals surface area (Å²) >= 11 is 0. The molecule has 8 heteroatoms. The van der Waals surface area contributed by atoms with Gasteiger partial charge in [-0.3, -0.25) is 4.79 Å². The molecule has 1 saturated heterocycles. The number of nitrogens with one attached hydrogen (secondary N) is 2. The molecule has 3 amide bonds. The topological polar surface area (TPSA) is 131 Å². The van der Waals surface area contributed by atoms with Crippen LogP contribution in [-0.2, 0) is 14.3 Å². The molecular weight excluding hydrogens is 242 g/mol. The number of urea groups is 1. The zero-order valence-corrected chi connectivity index (χ0v) is 10.0. The molecule has 0 radical (unpaired) electrons. The summed E-state index contributed by atoms with van der Waals surface area (Å²) in [6, 6.07) is -2.13. The van der Waals surface area contributed by atoms with E-state index in [4.69, 9.17) is 15.6 Å². The first-order valence-electron chi connectivity index (χ1n) is 5.60. The van der Waals surface area contributed by atoms with Gasteiger partial charge in [-0.25, -0.2) is 9.59 Å². The van der Waals surface area contributed by atoms with E-state index >= 15 is 0 Å².